The number of alkyl halides is 6. The van der Waals surface area contributed by atoms with E-state index in [2.05, 4.69) is 9.47 Å². The molecule has 0 aromatic carbocycles. The molecule has 4 rings (SSSR count). The molecule has 0 N–H and O–H groups in total. The Morgan fingerprint density at radius 2 is 1.61 bits per heavy atom. The number of rotatable bonds is 10. The van der Waals surface area contributed by atoms with Crippen molar-refractivity contribution in [3.8, 4) is 0 Å². The first-order valence-electron chi connectivity index (χ1n) is 12.8. The van der Waals surface area contributed by atoms with E-state index in [0.29, 0.717) is 12.3 Å². The zero-order chi connectivity index (χ0) is 26.7. The summed E-state index contributed by atoms with van der Waals surface area (Å²) >= 11 is 0. The quantitative estimate of drug-likeness (QED) is 0.187. The first-order valence-corrected chi connectivity index (χ1v) is 14.3. The molecule has 0 aromatic heterocycles. The van der Waals surface area contributed by atoms with Crippen LogP contribution in [0.15, 0.2) is 0 Å². The summed E-state index contributed by atoms with van der Waals surface area (Å²) in [5.41, 5.74) is -4.33. The largest absolute Gasteiger partial charge is 0.426 e. The summed E-state index contributed by atoms with van der Waals surface area (Å²) in [5, 5.41) is -0.817. The van der Waals surface area contributed by atoms with Gasteiger partial charge in [-0.1, -0.05) is 13.8 Å². The third-order valence-electron chi connectivity index (χ3n) is 9.63. The Morgan fingerprint density at radius 1 is 0.944 bits per heavy atom. The van der Waals surface area contributed by atoms with E-state index in [1.165, 1.54) is 0 Å². The van der Waals surface area contributed by atoms with Crippen LogP contribution in [0.2, 0.25) is 0 Å². The molecule has 0 saturated heterocycles. The highest BCUT2D eigenvalue weighted by Gasteiger charge is 2.73. The molecule has 0 radical (unpaired) electrons. The van der Waals surface area contributed by atoms with Crippen molar-refractivity contribution >= 4 is 10.1 Å². The predicted molar refractivity (Wildman–Crippen MR) is 118 cm³/mol. The lowest BCUT2D eigenvalue weighted by molar-refractivity contribution is -0.397. The van der Waals surface area contributed by atoms with Gasteiger partial charge < -0.3 is 9.47 Å². The van der Waals surface area contributed by atoms with Gasteiger partial charge in [0.1, 0.15) is 6.79 Å². The molecule has 0 aromatic rings. The van der Waals surface area contributed by atoms with Crippen molar-refractivity contribution in [2.75, 3.05) is 13.9 Å². The summed E-state index contributed by atoms with van der Waals surface area (Å²) in [6, 6.07) is 0. The summed E-state index contributed by atoms with van der Waals surface area (Å²) in [7, 11) is -2.97. The van der Waals surface area contributed by atoms with Crippen LogP contribution in [0, 0.1) is 41.4 Å². The lowest BCUT2D eigenvalue weighted by Crippen LogP contribution is -2.60. The standard InChI is InChI=1S/C24H36F6O5S/c1-4-20(36(31,32)35-19-8-14-5-6-15(19)7-14)21-13(2)18-10-16(21)9-17(18)11-22(23(25,26)27,24(28,29)30)34-12-33-3/h13-21H,4-12H2,1-3H3. The van der Waals surface area contributed by atoms with Crippen molar-refractivity contribution in [2.24, 2.45) is 41.4 Å². The second-order valence-corrected chi connectivity index (χ2v) is 13.2. The van der Waals surface area contributed by atoms with E-state index < -0.39 is 58.4 Å². The second kappa shape index (κ2) is 9.86. The van der Waals surface area contributed by atoms with E-state index in [0.717, 1.165) is 32.8 Å². The molecule has 9 unspecified atom stereocenters. The third kappa shape index (κ3) is 4.81. The molecule has 0 amide bonds. The van der Waals surface area contributed by atoms with Gasteiger partial charge in [0.05, 0.1) is 11.4 Å². The lowest BCUT2D eigenvalue weighted by Gasteiger charge is -2.43. The molecule has 0 heterocycles. The van der Waals surface area contributed by atoms with Crippen LogP contribution in [0.25, 0.3) is 0 Å². The molecule has 210 valence electrons. The normalized spacial score (nSPS) is 37.7. The monoisotopic (exact) mass is 550 g/mol. The van der Waals surface area contributed by atoms with E-state index in [-0.39, 0.29) is 42.6 Å². The fourth-order valence-electron chi connectivity index (χ4n) is 8.11. The van der Waals surface area contributed by atoms with Crippen LogP contribution in [-0.2, 0) is 23.8 Å². The molecule has 36 heavy (non-hydrogen) atoms. The first kappa shape index (κ1) is 28.4. The average molecular weight is 551 g/mol. The van der Waals surface area contributed by atoms with Gasteiger partial charge in [-0.25, -0.2) is 0 Å². The average Bonchev–Trinajstić information content (AvgIpc) is 3.52. The van der Waals surface area contributed by atoms with Gasteiger partial charge in [-0.2, -0.15) is 34.8 Å². The Hall–Kier alpha value is -0.590. The zero-order valence-corrected chi connectivity index (χ0v) is 21.6. The third-order valence-corrected chi connectivity index (χ3v) is 11.5. The molecule has 4 aliphatic carbocycles. The molecule has 4 fully saturated rings. The minimum Gasteiger partial charge on any atom is -0.359 e. The van der Waals surface area contributed by atoms with Gasteiger partial charge in [0.2, 0.25) is 0 Å². The van der Waals surface area contributed by atoms with Crippen molar-refractivity contribution in [1.29, 1.82) is 0 Å². The van der Waals surface area contributed by atoms with Gasteiger partial charge in [-0.15, -0.1) is 0 Å². The van der Waals surface area contributed by atoms with Crippen LogP contribution in [0.1, 0.15) is 65.2 Å². The van der Waals surface area contributed by atoms with Crippen molar-refractivity contribution in [3.63, 3.8) is 0 Å². The van der Waals surface area contributed by atoms with Crippen LogP contribution in [0.5, 0.6) is 0 Å². The summed E-state index contributed by atoms with van der Waals surface area (Å²) in [4.78, 5) is 0. The molecule has 12 heteroatoms. The topological polar surface area (TPSA) is 61.8 Å². The predicted octanol–water partition coefficient (Wildman–Crippen LogP) is 6.08. The second-order valence-electron chi connectivity index (χ2n) is 11.4. The Morgan fingerprint density at radius 3 is 2.08 bits per heavy atom. The van der Waals surface area contributed by atoms with Gasteiger partial charge in [0, 0.05) is 7.11 Å². The number of hydrogen-bond acceptors (Lipinski definition) is 5. The molecule has 9 atom stereocenters. The Bertz CT molecular complexity index is 874. The van der Waals surface area contributed by atoms with E-state index in [1.807, 2.05) is 0 Å². The minimum atomic E-state index is -5.68. The van der Waals surface area contributed by atoms with Gasteiger partial charge in [-0.05, 0) is 92.8 Å². The van der Waals surface area contributed by atoms with E-state index in [9.17, 15) is 34.8 Å². The summed E-state index contributed by atoms with van der Waals surface area (Å²) in [6.07, 6.45) is -8.38. The van der Waals surface area contributed by atoms with Gasteiger partial charge in [0.25, 0.3) is 15.7 Å². The fourth-order valence-corrected chi connectivity index (χ4v) is 10.1. The summed E-state index contributed by atoms with van der Waals surface area (Å²) < 4.78 is 124. The SMILES string of the molecule is CCC(C1C2CC(CC(OCOC)(C(F)(F)F)C(F)(F)F)C(C2)C1C)S(=O)(=O)OC1CC2CCC1C2. The van der Waals surface area contributed by atoms with Crippen LogP contribution < -0.4 is 0 Å². The number of methoxy groups -OCH3 is 1. The molecule has 4 saturated carbocycles. The van der Waals surface area contributed by atoms with Crippen molar-refractivity contribution in [3.05, 3.63) is 0 Å². The number of ether oxygens (including phenoxy) is 2. The molecule has 4 bridgehead atoms. The molecule has 0 spiro atoms. The van der Waals surface area contributed by atoms with Crippen LogP contribution in [0.3, 0.4) is 0 Å². The molecular formula is C24H36F6O5S. The summed E-state index contributed by atoms with van der Waals surface area (Å²) in [5.74, 6) is -1.59. The van der Waals surface area contributed by atoms with E-state index >= 15 is 0 Å². The molecular weight excluding hydrogens is 514 g/mol. The Kier molecular flexibility index (Phi) is 7.78. The Labute approximate surface area is 208 Å². The highest BCUT2D eigenvalue weighted by molar-refractivity contribution is 7.87. The van der Waals surface area contributed by atoms with Gasteiger partial charge >= 0.3 is 12.4 Å². The van der Waals surface area contributed by atoms with Crippen molar-refractivity contribution in [1.82, 2.24) is 0 Å². The van der Waals surface area contributed by atoms with Crippen molar-refractivity contribution in [2.45, 2.75) is 94.5 Å². The Balaban J connectivity index is 1.50. The fraction of sp³-hybridized carbons (Fsp3) is 1.00. The maximum atomic E-state index is 13.9. The van der Waals surface area contributed by atoms with Gasteiger partial charge in [-0.3, -0.25) is 4.18 Å². The summed E-state index contributed by atoms with van der Waals surface area (Å²) in [6.45, 7) is 2.37. The van der Waals surface area contributed by atoms with Gasteiger partial charge in [0.15, 0.2) is 0 Å². The molecule has 0 aliphatic heterocycles. The maximum absolute atomic E-state index is 13.9. The molecule has 4 aliphatic rings. The van der Waals surface area contributed by atoms with E-state index in [1.54, 1.807) is 13.8 Å². The van der Waals surface area contributed by atoms with E-state index in [4.69, 9.17) is 4.18 Å². The lowest BCUT2D eigenvalue weighted by atomic mass is 9.70. The highest BCUT2D eigenvalue weighted by atomic mass is 32.2. The highest BCUT2D eigenvalue weighted by Crippen LogP contribution is 2.62. The number of hydrogen-bond donors (Lipinski definition) is 0. The smallest absolute Gasteiger partial charge is 0.359 e. The maximum Gasteiger partial charge on any atom is 0.426 e. The number of halogens is 6. The van der Waals surface area contributed by atoms with Crippen LogP contribution >= 0.6 is 0 Å². The van der Waals surface area contributed by atoms with Crippen LogP contribution in [0.4, 0.5) is 26.3 Å². The van der Waals surface area contributed by atoms with Crippen molar-refractivity contribution < 1.29 is 48.4 Å². The molecule has 5 nitrogen and oxygen atoms in total. The minimum absolute atomic E-state index is 0.101. The van der Waals surface area contributed by atoms with Crippen LogP contribution in [-0.4, -0.2) is 51.6 Å². The first-order chi connectivity index (χ1) is 16.6. The number of fused-ring (bicyclic) bond motifs is 4. The zero-order valence-electron chi connectivity index (χ0n) is 20.8.